The summed E-state index contributed by atoms with van der Waals surface area (Å²) in [5.74, 6) is 0.471. The van der Waals surface area contributed by atoms with Crippen LogP contribution in [0.1, 0.15) is 18.7 Å². The van der Waals surface area contributed by atoms with E-state index in [-0.39, 0.29) is 24.7 Å². The molecule has 37 heavy (non-hydrogen) atoms. The molecule has 0 saturated carbocycles. The fraction of sp³-hybridized carbons (Fsp3) is 0.375. The second kappa shape index (κ2) is 12.0. The van der Waals surface area contributed by atoms with Crippen molar-refractivity contribution in [1.29, 1.82) is 0 Å². The van der Waals surface area contributed by atoms with Crippen molar-refractivity contribution in [2.75, 3.05) is 36.8 Å². The topological polar surface area (TPSA) is 142 Å². The lowest BCUT2D eigenvalue weighted by Crippen LogP contribution is -2.52. The highest BCUT2D eigenvalue weighted by molar-refractivity contribution is 7.89. The monoisotopic (exact) mass is 529 g/mol. The maximum atomic E-state index is 13.2. The summed E-state index contributed by atoms with van der Waals surface area (Å²) >= 11 is 0. The molecule has 11 nitrogen and oxygen atoms in total. The van der Waals surface area contributed by atoms with Crippen molar-refractivity contribution in [3.63, 3.8) is 0 Å². The van der Waals surface area contributed by atoms with Crippen molar-refractivity contribution in [3.8, 4) is 11.1 Å². The molecule has 1 unspecified atom stereocenters. The number of aryl methyl sites for hydroxylation is 1. The van der Waals surface area contributed by atoms with Crippen LogP contribution in [0.5, 0.6) is 0 Å². The zero-order valence-electron chi connectivity index (χ0n) is 20.1. The third-order valence-corrected chi connectivity index (χ3v) is 8.02. The van der Waals surface area contributed by atoms with E-state index in [1.165, 1.54) is 16.4 Å². The van der Waals surface area contributed by atoms with Gasteiger partial charge in [0.1, 0.15) is 11.6 Å². The Morgan fingerprint density at radius 1 is 1.00 bits per heavy atom. The summed E-state index contributed by atoms with van der Waals surface area (Å²) in [5, 5.41) is 11.5. The van der Waals surface area contributed by atoms with E-state index in [0.717, 1.165) is 11.1 Å². The highest BCUT2D eigenvalue weighted by Gasteiger charge is 2.30. The van der Waals surface area contributed by atoms with Gasteiger partial charge in [-0.2, -0.15) is 4.31 Å². The van der Waals surface area contributed by atoms with E-state index >= 15 is 0 Å². The molecule has 0 aliphatic carbocycles. The number of hydrogen-bond acceptors (Lipinski definition) is 8. The summed E-state index contributed by atoms with van der Waals surface area (Å²) in [6.07, 6.45) is 6.72. The van der Waals surface area contributed by atoms with Crippen LogP contribution in [-0.2, 0) is 16.4 Å². The third-order valence-electron chi connectivity index (χ3n) is 6.04. The van der Waals surface area contributed by atoms with Crippen LogP contribution in [0, 0.1) is 5.82 Å². The van der Waals surface area contributed by atoms with Crippen LogP contribution in [0.4, 0.5) is 15.1 Å². The van der Waals surface area contributed by atoms with Gasteiger partial charge in [-0.15, -0.1) is 0 Å². The van der Waals surface area contributed by atoms with Crippen LogP contribution in [0.3, 0.4) is 0 Å². The smallest absolute Gasteiger partial charge is 0.404 e. The van der Waals surface area contributed by atoms with Crippen LogP contribution in [0.2, 0.25) is 0 Å². The largest absolute Gasteiger partial charge is 0.465 e. The molecule has 1 aliphatic rings. The van der Waals surface area contributed by atoms with Gasteiger partial charge in [0.15, 0.2) is 0 Å². The lowest BCUT2D eigenvalue weighted by atomic mass is 10.1. The van der Waals surface area contributed by atoms with Crippen LogP contribution < -0.4 is 10.2 Å². The summed E-state index contributed by atoms with van der Waals surface area (Å²) in [4.78, 5) is 30.2. The molecule has 3 heterocycles. The standard InChI is InChI=1S/C24H28FN7O4S/c25-20-7-5-18(6-8-20)19-15-28-23(29-16-19)31-11-13-32(14-12-31)37(35,36)17-21(30-24(33)34)3-1-4-22-26-9-2-10-27-22/h2,5-10,15-16,21,30H,1,3-4,11-14,17H2,(H,33,34). The lowest BCUT2D eigenvalue weighted by molar-refractivity contribution is 0.190. The van der Waals surface area contributed by atoms with Crippen LogP contribution >= 0.6 is 0 Å². The Morgan fingerprint density at radius 2 is 1.65 bits per heavy atom. The number of nitrogens with one attached hydrogen (secondary N) is 1. The summed E-state index contributed by atoms with van der Waals surface area (Å²) in [6, 6.07) is 7.01. The van der Waals surface area contributed by atoms with Crippen molar-refractivity contribution >= 4 is 22.1 Å². The number of hydrogen-bond donors (Lipinski definition) is 2. The maximum absolute atomic E-state index is 13.2. The molecule has 1 fully saturated rings. The number of amides is 1. The van der Waals surface area contributed by atoms with Crippen molar-refractivity contribution in [1.82, 2.24) is 29.6 Å². The molecule has 13 heteroatoms. The SMILES string of the molecule is O=C(O)NC(CCCc1ncccn1)CS(=O)(=O)N1CCN(c2ncc(-c3ccc(F)cc3)cn2)CC1. The minimum atomic E-state index is -3.70. The number of sulfonamides is 1. The van der Waals surface area contributed by atoms with Crippen molar-refractivity contribution < 1.29 is 22.7 Å². The lowest BCUT2D eigenvalue weighted by Gasteiger charge is -2.34. The number of nitrogens with zero attached hydrogens (tertiary/aromatic N) is 6. The Bertz CT molecular complexity index is 1270. The molecule has 1 saturated heterocycles. The van der Waals surface area contributed by atoms with Gasteiger partial charge in [0.25, 0.3) is 0 Å². The fourth-order valence-corrected chi connectivity index (χ4v) is 5.83. The number of anilines is 1. The zero-order chi connectivity index (χ0) is 26.3. The predicted molar refractivity (Wildman–Crippen MR) is 135 cm³/mol. The fourth-order valence-electron chi connectivity index (χ4n) is 4.14. The minimum absolute atomic E-state index is 0.239. The average Bonchev–Trinajstić information content (AvgIpc) is 2.89. The summed E-state index contributed by atoms with van der Waals surface area (Å²) < 4.78 is 40.7. The first-order chi connectivity index (χ1) is 17.8. The number of carbonyl (C=O) groups is 1. The van der Waals surface area contributed by atoms with Gasteiger partial charge in [0.05, 0.1) is 5.75 Å². The number of benzene rings is 1. The van der Waals surface area contributed by atoms with E-state index in [9.17, 15) is 22.7 Å². The van der Waals surface area contributed by atoms with Gasteiger partial charge >= 0.3 is 6.09 Å². The first-order valence-corrected chi connectivity index (χ1v) is 13.5. The number of carboxylic acid groups (broad SMARTS) is 1. The van der Waals surface area contributed by atoms with Crippen LogP contribution in [0.15, 0.2) is 55.1 Å². The van der Waals surface area contributed by atoms with Gasteiger partial charge < -0.3 is 15.3 Å². The molecular formula is C24H28FN7O4S. The molecule has 2 aromatic heterocycles. The predicted octanol–water partition coefficient (Wildman–Crippen LogP) is 2.18. The summed E-state index contributed by atoms with van der Waals surface area (Å²) in [7, 11) is -3.70. The number of aromatic nitrogens is 4. The van der Waals surface area contributed by atoms with E-state index in [1.807, 2.05) is 4.90 Å². The average molecular weight is 530 g/mol. The normalized spacial score (nSPS) is 15.3. The van der Waals surface area contributed by atoms with Gasteiger partial charge in [-0.1, -0.05) is 12.1 Å². The van der Waals surface area contributed by atoms with Crippen molar-refractivity contribution in [3.05, 3.63) is 66.8 Å². The highest BCUT2D eigenvalue weighted by atomic mass is 32.2. The number of piperazine rings is 1. The van der Waals surface area contributed by atoms with Gasteiger partial charge in [0.2, 0.25) is 16.0 Å². The van der Waals surface area contributed by atoms with Crippen molar-refractivity contribution in [2.45, 2.75) is 25.3 Å². The molecule has 1 atom stereocenters. The molecule has 1 aromatic carbocycles. The van der Waals surface area contributed by atoms with Gasteiger partial charge in [-0.3, -0.25) is 0 Å². The molecule has 1 amide bonds. The molecular weight excluding hydrogens is 501 g/mol. The molecule has 0 bridgehead atoms. The Morgan fingerprint density at radius 3 is 2.27 bits per heavy atom. The van der Waals surface area contributed by atoms with Crippen LogP contribution in [0.25, 0.3) is 11.1 Å². The number of halogens is 1. The van der Waals surface area contributed by atoms with Gasteiger partial charge in [-0.05, 0) is 36.6 Å². The zero-order valence-corrected chi connectivity index (χ0v) is 20.9. The molecule has 0 spiro atoms. The second-order valence-electron chi connectivity index (χ2n) is 8.65. The number of rotatable bonds is 10. The van der Waals surface area contributed by atoms with E-state index < -0.39 is 22.2 Å². The molecule has 4 rings (SSSR count). The van der Waals surface area contributed by atoms with Gasteiger partial charge in [0, 0.05) is 69.0 Å². The third kappa shape index (κ3) is 7.40. The molecule has 1 aliphatic heterocycles. The summed E-state index contributed by atoms with van der Waals surface area (Å²) in [5.41, 5.74) is 1.55. The first kappa shape index (κ1) is 26.4. The summed E-state index contributed by atoms with van der Waals surface area (Å²) in [6.45, 7) is 1.28. The Hall–Kier alpha value is -3.71. The van der Waals surface area contributed by atoms with E-state index in [0.29, 0.717) is 44.1 Å². The second-order valence-corrected chi connectivity index (χ2v) is 10.7. The maximum Gasteiger partial charge on any atom is 0.404 e. The first-order valence-electron chi connectivity index (χ1n) is 11.9. The Balaban J connectivity index is 1.31. The van der Waals surface area contributed by atoms with Gasteiger partial charge in [-0.25, -0.2) is 37.5 Å². The highest BCUT2D eigenvalue weighted by Crippen LogP contribution is 2.20. The minimum Gasteiger partial charge on any atom is -0.465 e. The van der Waals surface area contributed by atoms with E-state index in [1.54, 1.807) is 43.0 Å². The molecule has 196 valence electrons. The van der Waals surface area contributed by atoms with Crippen LogP contribution in [-0.4, -0.2) is 81.8 Å². The molecule has 0 radical (unpaired) electrons. The van der Waals surface area contributed by atoms with Crippen molar-refractivity contribution in [2.24, 2.45) is 0 Å². The molecule has 3 aromatic rings. The van der Waals surface area contributed by atoms with E-state index in [4.69, 9.17) is 0 Å². The molecule has 2 N–H and O–H groups in total. The van der Waals surface area contributed by atoms with E-state index in [2.05, 4.69) is 25.3 Å². The Kier molecular flexibility index (Phi) is 8.56. The Labute approximate surface area is 214 Å². The quantitative estimate of drug-likeness (QED) is 0.404.